The summed E-state index contributed by atoms with van der Waals surface area (Å²) >= 11 is 12.0. The van der Waals surface area contributed by atoms with Gasteiger partial charge in [-0.05, 0) is 56.7 Å². The number of imidazole rings is 1. The Morgan fingerprint density at radius 2 is 1.81 bits per heavy atom. The average Bonchev–Trinajstić information content (AvgIpc) is 3.14. The first-order valence-corrected chi connectivity index (χ1v) is 14.1. The zero-order valence-electron chi connectivity index (χ0n) is 20.6. The predicted octanol–water partition coefficient (Wildman–Crippen LogP) is 5.63. The molecule has 37 heavy (non-hydrogen) atoms. The molecule has 9 nitrogen and oxygen atoms in total. The van der Waals surface area contributed by atoms with E-state index in [1.165, 1.54) is 36.4 Å². The maximum absolute atomic E-state index is 13.2. The van der Waals surface area contributed by atoms with Gasteiger partial charge in [-0.1, -0.05) is 43.0 Å². The molecular formula is C25H27Cl2N5O4S. The van der Waals surface area contributed by atoms with E-state index in [1.807, 2.05) is 6.92 Å². The van der Waals surface area contributed by atoms with E-state index < -0.39 is 10.0 Å². The van der Waals surface area contributed by atoms with Crippen molar-refractivity contribution in [1.29, 1.82) is 0 Å². The fourth-order valence-electron chi connectivity index (χ4n) is 4.02. The van der Waals surface area contributed by atoms with Crippen LogP contribution in [0, 0.1) is 6.92 Å². The zero-order valence-corrected chi connectivity index (χ0v) is 23.0. The molecule has 0 bridgehead atoms. The fourth-order valence-corrected chi connectivity index (χ4v) is 5.61. The van der Waals surface area contributed by atoms with Crippen LogP contribution in [0.25, 0.3) is 16.9 Å². The van der Waals surface area contributed by atoms with Gasteiger partial charge in [0, 0.05) is 16.5 Å². The lowest BCUT2D eigenvalue weighted by atomic mass is 10.2. The van der Waals surface area contributed by atoms with E-state index in [0.29, 0.717) is 41.4 Å². The van der Waals surface area contributed by atoms with Crippen molar-refractivity contribution in [3.8, 4) is 17.1 Å². The van der Waals surface area contributed by atoms with E-state index in [1.54, 1.807) is 11.4 Å². The number of aryl methyl sites for hydroxylation is 2. The van der Waals surface area contributed by atoms with E-state index in [-0.39, 0.29) is 32.0 Å². The van der Waals surface area contributed by atoms with Crippen LogP contribution in [0.1, 0.15) is 44.6 Å². The number of anilines is 1. The van der Waals surface area contributed by atoms with Crippen LogP contribution in [0.5, 0.6) is 5.75 Å². The first-order valence-electron chi connectivity index (χ1n) is 11.9. The number of nitrogens with zero attached hydrogens (tertiary/aromatic N) is 3. The summed E-state index contributed by atoms with van der Waals surface area (Å²) in [5.41, 5.74) is 1.10. The second kappa shape index (κ2) is 11.1. The van der Waals surface area contributed by atoms with Crippen LogP contribution >= 0.6 is 23.2 Å². The molecule has 196 valence electrons. The number of sulfonamides is 1. The molecule has 2 heterocycles. The summed E-state index contributed by atoms with van der Waals surface area (Å²) in [6, 6.07) is 8.76. The molecular weight excluding hydrogens is 537 g/mol. The molecule has 2 aromatic heterocycles. The Morgan fingerprint density at radius 1 is 1.08 bits per heavy atom. The van der Waals surface area contributed by atoms with Crippen LogP contribution in [0.3, 0.4) is 0 Å². The molecule has 2 aromatic carbocycles. The minimum atomic E-state index is -4.04. The minimum Gasteiger partial charge on any atom is -0.493 e. The molecule has 0 aliphatic carbocycles. The smallest absolute Gasteiger partial charge is 0.277 e. The fraction of sp³-hybridized carbons (Fsp3) is 0.320. The van der Waals surface area contributed by atoms with E-state index in [4.69, 9.17) is 27.9 Å². The van der Waals surface area contributed by atoms with Gasteiger partial charge in [0.2, 0.25) is 0 Å². The average molecular weight is 564 g/mol. The monoisotopic (exact) mass is 563 g/mol. The third kappa shape index (κ3) is 5.92. The summed E-state index contributed by atoms with van der Waals surface area (Å²) in [7, 11) is -4.04. The summed E-state index contributed by atoms with van der Waals surface area (Å²) < 4.78 is 36.2. The number of rotatable bonds is 10. The molecule has 12 heteroatoms. The standard InChI is InChI=1S/C25H27Cl2N5O4S/c1-4-6-7-8-22-28-15(3)23-25(33)29-24(30-32(22)23)20-14-19(9-10-21(20)36-5-2)37(34,35)31-18-12-16(26)11-17(27)13-18/h9-14,31H,4-8H2,1-3H3,(H,29,30,33). The molecule has 0 saturated heterocycles. The van der Waals surface area contributed by atoms with Crippen LogP contribution in [0.15, 0.2) is 46.1 Å². The molecule has 0 radical (unpaired) electrons. The van der Waals surface area contributed by atoms with E-state index in [0.717, 1.165) is 19.3 Å². The lowest BCUT2D eigenvalue weighted by molar-refractivity contribution is 0.341. The third-order valence-corrected chi connectivity index (χ3v) is 7.49. The number of benzene rings is 2. The van der Waals surface area contributed by atoms with Crippen molar-refractivity contribution in [2.45, 2.75) is 51.3 Å². The molecule has 2 N–H and O–H groups in total. The number of halogens is 2. The first-order chi connectivity index (χ1) is 17.6. The van der Waals surface area contributed by atoms with Gasteiger partial charge in [-0.15, -0.1) is 5.10 Å². The van der Waals surface area contributed by atoms with Gasteiger partial charge in [0.1, 0.15) is 11.6 Å². The Labute approximate surface area is 224 Å². The minimum absolute atomic E-state index is 0.0604. The number of H-pyrrole nitrogens is 1. The number of ether oxygens (including phenoxy) is 1. The molecule has 0 saturated carbocycles. The van der Waals surface area contributed by atoms with Crippen molar-refractivity contribution in [3.05, 3.63) is 68.3 Å². The second-order valence-electron chi connectivity index (χ2n) is 8.49. The number of fused-ring (bicyclic) bond motifs is 1. The second-order valence-corrected chi connectivity index (χ2v) is 11.0. The van der Waals surface area contributed by atoms with Gasteiger partial charge in [0.25, 0.3) is 15.6 Å². The van der Waals surface area contributed by atoms with Crippen LogP contribution in [0.2, 0.25) is 10.0 Å². The van der Waals surface area contributed by atoms with Gasteiger partial charge in [-0.2, -0.15) is 0 Å². The van der Waals surface area contributed by atoms with Crippen LogP contribution in [-0.4, -0.2) is 34.6 Å². The highest BCUT2D eigenvalue weighted by Gasteiger charge is 2.21. The van der Waals surface area contributed by atoms with Crippen molar-refractivity contribution in [1.82, 2.24) is 19.6 Å². The number of hydrogen-bond donors (Lipinski definition) is 2. The zero-order chi connectivity index (χ0) is 26.7. The number of aromatic amines is 1. The molecule has 0 spiro atoms. The summed E-state index contributed by atoms with van der Waals surface area (Å²) in [6.45, 7) is 6.02. The van der Waals surface area contributed by atoms with Crippen molar-refractivity contribution in [2.75, 3.05) is 11.3 Å². The maximum Gasteiger partial charge on any atom is 0.277 e. The molecule has 0 aliphatic heterocycles. The van der Waals surface area contributed by atoms with Crippen LogP contribution in [0.4, 0.5) is 5.69 Å². The van der Waals surface area contributed by atoms with Crippen LogP contribution < -0.4 is 15.0 Å². The number of aromatic nitrogens is 4. The number of hydrogen-bond acceptors (Lipinski definition) is 6. The summed E-state index contributed by atoms with van der Waals surface area (Å²) in [6.07, 6.45) is 3.66. The first kappa shape index (κ1) is 27.0. The lowest BCUT2D eigenvalue weighted by Gasteiger charge is -2.14. The normalized spacial score (nSPS) is 11.7. The number of unbranched alkanes of at least 4 members (excludes halogenated alkanes) is 2. The Morgan fingerprint density at radius 3 is 2.49 bits per heavy atom. The molecule has 4 aromatic rings. The molecule has 0 unspecified atom stereocenters. The quantitative estimate of drug-likeness (QED) is 0.241. The van der Waals surface area contributed by atoms with Gasteiger partial charge in [0.15, 0.2) is 11.3 Å². The Balaban J connectivity index is 1.82. The highest BCUT2D eigenvalue weighted by molar-refractivity contribution is 7.92. The largest absolute Gasteiger partial charge is 0.493 e. The molecule has 4 rings (SSSR count). The summed E-state index contributed by atoms with van der Waals surface area (Å²) in [5.74, 6) is 1.21. The third-order valence-electron chi connectivity index (χ3n) is 5.68. The van der Waals surface area contributed by atoms with Crippen molar-refractivity contribution >= 4 is 44.4 Å². The van der Waals surface area contributed by atoms with E-state index >= 15 is 0 Å². The van der Waals surface area contributed by atoms with E-state index in [2.05, 4.69) is 26.7 Å². The molecule has 0 amide bonds. The van der Waals surface area contributed by atoms with Gasteiger partial charge >= 0.3 is 0 Å². The Bertz CT molecular complexity index is 1600. The molecule has 0 aliphatic rings. The van der Waals surface area contributed by atoms with E-state index in [9.17, 15) is 13.2 Å². The number of nitrogens with one attached hydrogen (secondary N) is 2. The topological polar surface area (TPSA) is 118 Å². The van der Waals surface area contributed by atoms with Crippen molar-refractivity contribution < 1.29 is 13.2 Å². The molecule has 0 fully saturated rings. The maximum atomic E-state index is 13.2. The van der Waals surface area contributed by atoms with Crippen molar-refractivity contribution in [2.24, 2.45) is 0 Å². The van der Waals surface area contributed by atoms with Crippen LogP contribution in [-0.2, 0) is 16.4 Å². The predicted molar refractivity (Wildman–Crippen MR) is 145 cm³/mol. The molecule has 0 atom stereocenters. The van der Waals surface area contributed by atoms with Crippen molar-refractivity contribution in [3.63, 3.8) is 0 Å². The summed E-state index contributed by atoms with van der Waals surface area (Å²) in [5, 5.41) is 5.23. The Kier molecular flexibility index (Phi) is 8.11. The highest BCUT2D eigenvalue weighted by Crippen LogP contribution is 2.32. The highest BCUT2D eigenvalue weighted by atomic mass is 35.5. The van der Waals surface area contributed by atoms with Gasteiger partial charge in [-0.3, -0.25) is 9.52 Å². The Hall–Kier alpha value is -3.08. The van der Waals surface area contributed by atoms with Gasteiger partial charge in [-0.25, -0.2) is 17.9 Å². The van der Waals surface area contributed by atoms with Gasteiger partial charge in [0.05, 0.1) is 28.4 Å². The van der Waals surface area contributed by atoms with Gasteiger partial charge < -0.3 is 9.72 Å². The lowest BCUT2D eigenvalue weighted by Crippen LogP contribution is -2.17. The summed E-state index contributed by atoms with van der Waals surface area (Å²) in [4.78, 5) is 20.3. The SMILES string of the molecule is CCCCCc1nc(C)c2c(=O)[nH]c(-c3cc(S(=O)(=O)Nc4cc(Cl)cc(Cl)c4)ccc3OCC)nn12.